The number of carbonyl (C=O) groups excluding carboxylic acids is 1. The quantitative estimate of drug-likeness (QED) is 0.946. The molecule has 1 N–H and O–H groups in total. The smallest absolute Gasteiger partial charge is 0.255 e. The third-order valence-corrected chi connectivity index (χ3v) is 3.91. The lowest BCUT2D eigenvalue weighted by molar-refractivity contribution is 0.0927. The summed E-state index contributed by atoms with van der Waals surface area (Å²) in [5.74, 6) is 1.17. The van der Waals surface area contributed by atoms with Crippen molar-refractivity contribution >= 4 is 11.6 Å². The van der Waals surface area contributed by atoms with Crippen molar-refractivity contribution in [1.82, 2.24) is 5.32 Å². The van der Waals surface area contributed by atoms with Crippen LogP contribution in [0.15, 0.2) is 42.5 Å². The van der Waals surface area contributed by atoms with E-state index in [1.165, 1.54) is 0 Å². The van der Waals surface area contributed by atoms with Crippen molar-refractivity contribution in [1.29, 1.82) is 0 Å². The Hall–Kier alpha value is -2.69. The molecule has 0 aromatic heterocycles. The Balaban J connectivity index is 2.09. The van der Waals surface area contributed by atoms with Gasteiger partial charge in [0, 0.05) is 12.6 Å². The highest BCUT2D eigenvalue weighted by Crippen LogP contribution is 2.39. The molecule has 1 heterocycles. The lowest BCUT2D eigenvalue weighted by Crippen LogP contribution is -2.44. The number of hydrogen-bond donors (Lipinski definition) is 1. The molecule has 1 aliphatic rings. The van der Waals surface area contributed by atoms with E-state index in [1.807, 2.05) is 54.4 Å². The van der Waals surface area contributed by atoms with E-state index in [9.17, 15) is 4.79 Å². The van der Waals surface area contributed by atoms with Crippen molar-refractivity contribution in [2.45, 2.75) is 6.17 Å². The van der Waals surface area contributed by atoms with Crippen LogP contribution in [0.25, 0.3) is 0 Å². The van der Waals surface area contributed by atoms with Gasteiger partial charge in [0.1, 0.15) is 6.17 Å². The van der Waals surface area contributed by atoms with Gasteiger partial charge in [-0.25, -0.2) is 0 Å². The standard InChI is InChI=1S/C17H18N2O3/c1-19-13-9-5-4-7-11(13)17(20)18-16(19)12-8-6-10-14(21-2)15(12)22-3/h4-10,16H,1-3H3,(H,18,20)/t16-/m0/s1. The topological polar surface area (TPSA) is 50.8 Å². The Morgan fingerprint density at radius 1 is 1.05 bits per heavy atom. The van der Waals surface area contributed by atoms with Crippen molar-refractivity contribution in [3.63, 3.8) is 0 Å². The van der Waals surface area contributed by atoms with Gasteiger partial charge in [-0.05, 0) is 18.2 Å². The molecule has 0 saturated carbocycles. The van der Waals surface area contributed by atoms with Gasteiger partial charge in [-0.3, -0.25) is 4.79 Å². The van der Waals surface area contributed by atoms with Crippen LogP contribution in [0.4, 0.5) is 5.69 Å². The largest absolute Gasteiger partial charge is 0.493 e. The maximum atomic E-state index is 12.4. The first-order chi connectivity index (χ1) is 10.7. The molecule has 0 radical (unpaired) electrons. The van der Waals surface area contributed by atoms with Crippen LogP contribution in [-0.2, 0) is 0 Å². The van der Waals surface area contributed by atoms with Gasteiger partial charge in [0.05, 0.1) is 25.5 Å². The van der Waals surface area contributed by atoms with Crippen molar-refractivity contribution in [2.24, 2.45) is 0 Å². The fourth-order valence-corrected chi connectivity index (χ4v) is 2.82. The number of fused-ring (bicyclic) bond motifs is 1. The molecule has 2 aromatic carbocycles. The molecule has 0 saturated heterocycles. The molecule has 0 fully saturated rings. The molecule has 114 valence electrons. The molecule has 0 unspecified atom stereocenters. The number of benzene rings is 2. The van der Waals surface area contributed by atoms with Gasteiger partial charge in [0.15, 0.2) is 11.5 Å². The summed E-state index contributed by atoms with van der Waals surface area (Å²) < 4.78 is 10.8. The van der Waals surface area contributed by atoms with Crippen LogP contribution in [0.3, 0.4) is 0 Å². The van der Waals surface area contributed by atoms with Crippen LogP contribution in [0, 0.1) is 0 Å². The Morgan fingerprint density at radius 3 is 2.55 bits per heavy atom. The van der Waals surface area contributed by atoms with Gasteiger partial charge in [-0.1, -0.05) is 24.3 Å². The Kier molecular flexibility index (Phi) is 3.63. The van der Waals surface area contributed by atoms with Gasteiger partial charge >= 0.3 is 0 Å². The summed E-state index contributed by atoms with van der Waals surface area (Å²) in [6, 6.07) is 13.2. The van der Waals surface area contributed by atoms with E-state index in [0.717, 1.165) is 11.3 Å². The zero-order valence-corrected chi connectivity index (χ0v) is 12.8. The number of hydrogen-bond acceptors (Lipinski definition) is 4. The van der Waals surface area contributed by atoms with Crippen LogP contribution in [-0.4, -0.2) is 27.2 Å². The summed E-state index contributed by atoms with van der Waals surface area (Å²) in [5.41, 5.74) is 2.41. The monoisotopic (exact) mass is 298 g/mol. The molecule has 2 aromatic rings. The highest BCUT2D eigenvalue weighted by molar-refractivity contribution is 6.02. The third-order valence-electron chi connectivity index (χ3n) is 3.91. The maximum absolute atomic E-state index is 12.4. The number of para-hydroxylation sites is 2. The summed E-state index contributed by atoms with van der Waals surface area (Å²) in [4.78, 5) is 14.4. The van der Waals surface area contributed by atoms with Crippen molar-refractivity contribution < 1.29 is 14.3 Å². The predicted octanol–water partition coefficient (Wildman–Crippen LogP) is 2.58. The highest BCUT2D eigenvalue weighted by atomic mass is 16.5. The minimum Gasteiger partial charge on any atom is -0.493 e. The van der Waals surface area contributed by atoms with Crippen molar-refractivity contribution in [3.05, 3.63) is 53.6 Å². The summed E-state index contributed by atoms with van der Waals surface area (Å²) in [5, 5.41) is 3.02. The fraction of sp³-hybridized carbons (Fsp3) is 0.235. The first kappa shape index (κ1) is 14.3. The lowest BCUT2D eigenvalue weighted by atomic mass is 10.0. The molecule has 1 atom stereocenters. The van der Waals surface area contributed by atoms with Crippen LogP contribution in [0.5, 0.6) is 11.5 Å². The van der Waals surface area contributed by atoms with Gasteiger partial charge in [0.2, 0.25) is 0 Å². The van der Waals surface area contributed by atoms with Gasteiger partial charge in [-0.15, -0.1) is 0 Å². The molecule has 1 amide bonds. The van der Waals surface area contributed by atoms with E-state index in [1.54, 1.807) is 14.2 Å². The molecule has 0 bridgehead atoms. The summed E-state index contributed by atoms with van der Waals surface area (Å²) in [6.07, 6.45) is -0.313. The number of amides is 1. The number of rotatable bonds is 3. The van der Waals surface area contributed by atoms with Crippen LogP contribution in [0.1, 0.15) is 22.1 Å². The van der Waals surface area contributed by atoms with E-state index in [-0.39, 0.29) is 12.1 Å². The molecule has 1 aliphatic heterocycles. The summed E-state index contributed by atoms with van der Waals surface area (Å²) in [7, 11) is 5.14. The molecule has 5 nitrogen and oxygen atoms in total. The first-order valence-corrected chi connectivity index (χ1v) is 7.01. The predicted molar refractivity (Wildman–Crippen MR) is 84.6 cm³/mol. The molecule has 22 heavy (non-hydrogen) atoms. The third kappa shape index (κ3) is 2.15. The van der Waals surface area contributed by atoms with E-state index in [2.05, 4.69) is 5.32 Å². The zero-order chi connectivity index (χ0) is 15.7. The van der Waals surface area contributed by atoms with Crippen molar-refractivity contribution in [3.8, 4) is 11.5 Å². The molecular formula is C17H18N2O3. The Morgan fingerprint density at radius 2 is 1.82 bits per heavy atom. The average Bonchev–Trinajstić information content (AvgIpc) is 2.57. The number of anilines is 1. The number of nitrogens with zero attached hydrogens (tertiary/aromatic N) is 1. The summed E-state index contributed by atoms with van der Waals surface area (Å²) >= 11 is 0. The van der Waals surface area contributed by atoms with Gasteiger partial charge in [0.25, 0.3) is 5.91 Å². The minimum absolute atomic E-state index is 0.0939. The Labute approximate surface area is 129 Å². The highest BCUT2D eigenvalue weighted by Gasteiger charge is 2.31. The Bertz CT molecular complexity index is 715. The van der Waals surface area contributed by atoms with Crippen LogP contribution >= 0.6 is 0 Å². The number of nitrogens with one attached hydrogen (secondary N) is 1. The number of ether oxygens (including phenoxy) is 2. The second-order valence-electron chi connectivity index (χ2n) is 5.09. The van der Waals surface area contributed by atoms with Gasteiger partial charge < -0.3 is 19.7 Å². The number of methoxy groups -OCH3 is 2. The van der Waals surface area contributed by atoms with E-state index in [0.29, 0.717) is 17.1 Å². The lowest BCUT2D eigenvalue weighted by Gasteiger charge is -2.37. The van der Waals surface area contributed by atoms with E-state index >= 15 is 0 Å². The normalized spacial score (nSPS) is 16.8. The van der Waals surface area contributed by atoms with Crippen LogP contribution < -0.4 is 19.7 Å². The van der Waals surface area contributed by atoms with Crippen LogP contribution in [0.2, 0.25) is 0 Å². The summed E-state index contributed by atoms with van der Waals surface area (Å²) in [6.45, 7) is 0. The second kappa shape index (κ2) is 5.60. The fourth-order valence-electron chi connectivity index (χ4n) is 2.82. The molecule has 3 rings (SSSR count). The van der Waals surface area contributed by atoms with E-state index in [4.69, 9.17) is 9.47 Å². The minimum atomic E-state index is -0.313. The first-order valence-electron chi connectivity index (χ1n) is 7.01. The zero-order valence-electron chi connectivity index (χ0n) is 12.8. The number of carbonyl (C=O) groups is 1. The average molecular weight is 298 g/mol. The van der Waals surface area contributed by atoms with Crippen molar-refractivity contribution in [2.75, 3.05) is 26.2 Å². The molecule has 0 aliphatic carbocycles. The molecule has 5 heteroatoms. The van der Waals surface area contributed by atoms with E-state index < -0.39 is 0 Å². The molecule has 0 spiro atoms. The molecular weight excluding hydrogens is 280 g/mol. The van der Waals surface area contributed by atoms with Gasteiger partial charge in [-0.2, -0.15) is 0 Å². The maximum Gasteiger partial charge on any atom is 0.255 e. The second-order valence-corrected chi connectivity index (χ2v) is 5.09. The SMILES string of the molecule is COc1cccc([C@H]2NC(=O)c3ccccc3N2C)c1OC.